The van der Waals surface area contributed by atoms with Crippen LogP contribution in [0, 0.1) is 5.92 Å². The Morgan fingerprint density at radius 2 is 1.65 bits per heavy atom. The van der Waals surface area contributed by atoms with Crippen molar-refractivity contribution >= 4 is 0 Å². The molecule has 1 atom stereocenters. The summed E-state index contributed by atoms with van der Waals surface area (Å²) in [5.74, 6) is 0.752. The highest BCUT2D eigenvalue weighted by atomic mass is 15.2. The summed E-state index contributed by atoms with van der Waals surface area (Å²) in [5.41, 5.74) is 0. The fourth-order valence-corrected chi connectivity index (χ4v) is 2.96. The van der Waals surface area contributed by atoms with Crippen molar-refractivity contribution in [1.82, 2.24) is 15.1 Å². The molecule has 3 heteroatoms. The summed E-state index contributed by atoms with van der Waals surface area (Å²) in [7, 11) is 0. The quantitative estimate of drug-likeness (QED) is 0.800. The lowest BCUT2D eigenvalue weighted by Gasteiger charge is -2.28. The van der Waals surface area contributed by atoms with Gasteiger partial charge in [0.2, 0.25) is 0 Å². The predicted octanol–water partition coefficient (Wildman–Crippen LogP) is 1.40. The largest absolute Gasteiger partial charge is 0.312 e. The molecule has 0 saturated carbocycles. The normalized spacial score (nSPS) is 28.8. The molecule has 0 aromatic carbocycles. The van der Waals surface area contributed by atoms with Gasteiger partial charge in [-0.15, -0.1) is 0 Å². The first-order valence-electron chi connectivity index (χ1n) is 7.44. The second-order valence-electron chi connectivity index (χ2n) is 6.01. The zero-order valence-corrected chi connectivity index (χ0v) is 11.6. The topological polar surface area (TPSA) is 18.5 Å². The molecule has 2 fully saturated rings. The molecule has 1 N–H and O–H groups in total. The lowest BCUT2D eigenvalue weighted by atomic mass is 10.0. The summed E-state index contributed by atoms with van der Waals surface area (Å²) < 4.78 is 0. The monoisotopic (exact) mass is 239 g/mol. The molecule has 17 heavy (non-hydrogen) atoms. The van der Waals surface area contributed by atoms with Crippen LogP contribution in [-0.2, 0) is 0 Å². The first-order valence-corrected chi connectivity index (χ1v) is 7.44. The second-order valence-corrected chi connectivity index (χ2v) is 6.01. The summed E-state index contributed by atoms with van der Waals surface area (Å²) in [6, 6.07) is 0.691. The maximum atomic E-state index is 3.68. The molecule has 2 rings (SSSR count). The zero-order chi connectivity index (χ0) is 12.1. The van der Waals surface area contributed by atoms with E-state index in [1.54, 1.807) is 0 Å². The first kappa shape index (κ1) is 13.3. The number of hydrogen-bond donors (Lipinski definition) is 1. The van der Waals surface area contributed by atoms with E-state index >= 15 is 0 Å². The van der Waals surface area contributed by atoms with Crippen LogP contribution in [0.2, 0.25) is 0 Å². The summed E-state index contributed by atoms with van der Waals surface area (Å²) in [6.45, 7) is 13.6. The molecule has 100 valence electrons. The van der Waals surface area contributed by atoms with E-state index in [1.807, 2.05) is 0 Å². The van der Waals surface area contributed by atoms with E-state index in [4.69, 9.17) is 0 Å². The molecule has 0 aromatic rings. The van der Waals surface area contributed by atoms with Gasteiger partial charge < -0.3 is 15.1 Å². The van der Waals surface area contributed by atoms with Gasteiger partial charge >= 0.3 is 0 Å². The second kappa shape index (κ2) is 6.72. The molecule has 0 aromatic heterocycles. The fraction of sp³-hybridized carbons (Fsp3) is 1.00. The summed E-state index contributed by atoms with van der Waals surface area (Å²) in [5, 5.41) is 3.68. The number of nitrogens with one attached hydrogen (secondary N) is 1. The molecule has 0 spiro atoms. The van der Waals surface area contributed by atoms with E-state index in [-0.39, 0.29) is 0 Å². The average molecular weight is 239 g/mol. The predicted molar refractivity (Wildman–Crippen MR) is 73.4 cm³/mol. The number of rotatable bonds is 4. The molecule has 0 radical (unpaired) electrons. The van der Waals surface area contributed by atoms with Gasteiger partial charge in [-0.25, -0.2) is 0 Å². The Morgan fingerprint density at radius 3 is 2.35 bits per heavy atom. The molecule has 1 unspecified atom stereocenters. The minimum Gasteiger partial charge on any atom is -0.312 e. The third-order valence-corrected chi connectivity index (χ3v) is 4.25. The zero-order valence-electron chi connectivity index (χ0n) is 11.6. The van der Waals surface area contributed by atoms with Crippen molar-refractivity contribution in [3.63, 3.8) is 0 Å². The molecular formula is C14H29N3. The first-order chi connectivity index (χ1) is 8.25. The molecule has 2 saturated heterocycles. The van der Waals surface area contributed by atoms with Gasteiger partial charge in [0.05, 0.1) is 0 Å². The Hall–Kier alpha value is -0.120. The van der Waals surface area contributed by atoms with Crippen molar-refractivity contribution in [2.75, 3.05) is 45.8 Å². The van der Waals surface area contributed by atoms with Gasteiger partial charge in [-0.1, -0.05) is 13.8 Å². The van der Waals surface area contributed by atoms with Crippen molar-refractivity contribution in [3.8, 4) is 0 Å². The van der Waals surface area contributed by atoms with Crippen LogP contribution >= 0.6 is 0 Å². The van der Waals surface area contributed by atoms with Gasteiger partial charge in [0.15, 0.2) is 0 Å². The fourth-order valence-electron chi connectivity index (χ4n) is 2.96. The number of hydrogen-bond acceptors (Lipinski definition) is 3. The van der Waals surface area contributed by atoms with Crippen LogP contribution in [0.25, 0.3) is 0 Å². The SMILES string of the molecule is CC(C)C1CN(CCN2CCCC2)CCCN1. The van der Waals surface area contributed by atoms with Crippen LogP contribution in [-0.4, -0.2) is 61.7 Å². The van der Waals surface area contributed by atoms with Crippen LogP contribution in [0.4, 0.5) is 0 Å². The molecular weight excluding hydrogens is 210 g/mol. The molecule has 3 nitrogen and oxygen atoms in total. The Balaban J connectivity index is 1.73. The van der Waals surface area contributed by atoms with E-state index in [0.717, 1.165) is 5.92 Å². The average Bonchev–Trinajstić information content (AvgIpc) is 2.70. The van der Waals surface area contributed by atoms with E-state index < -0.39 is 0 Å². The highest BCUT2D eigenvalue weighted by Crippen LogP contribution is 2.10. The third kappa shape index (κ3) is 4.23. The summed E-state index contributed by atoms with van der Waals surface area (Å²) in [6.07, 6.45) is 4.13. The van der Waals surface area contributed by atoms with E-state index in [1.165, 1.54) is 65.1 Å². The minimum atomic E-state index is 0.691. The molecule has 2 aliphatic heterocycles. The summed E-state index contributed by atoms with van der Waals surface area (Å²) in [4.78, 5) is 5.30. The van der Waals surface area contributed by atoms with Crippen LogP contribution in [0.15, 0.2) is 0 Å². The van der Waals surface area contributed by atoms with Gasteiger partial charge in [0, 0.05) is 25.7 Å². The van der Waals surface area contributed by atoms with Crippen LogP contribution in [0.1, 0.15) is 33.1 Å². The van der Waals surface area contributed by atoms with Gasteiger partial charge in [-0.3, -0.25) is 0 Å². The van der Waals surface area contributed by atoms with Crippen LogP contribution in [0.3, 0.4) is 0 Å². The lowest BCUT2D eigenvalue weighted by molar-refractivity contribution is 0.210. The van der Waals surface area contributed by atoms with Crippen LogP contribution < -0.4 is 5.32 Å². The van der Waals surface area contributed by atoms with Gasteiger partial charge in [0.1, 0.15) is 0 Å². The number of nitrogens with zero attached hydrogens (tertiary/aromatic N) is 2. The number of likely N-dealkylation sites (tertiary alicyclic amines) is 1. The standard InChI is InChI=1S/C14H29N3/c1-13(2)14-12-17(9-5-6-15-14)11-10-16-7-3-4-8-16/h13-15H,3-12H2,1-2H3. The molecule has 0 bridgehead atoms. The smallest absolute Gasteiger partial charge is 0.0217 e. The molecule has 2 heterocycles. The lowest BCUT2D eigenvalue weighted by Crippen LogP contribution is -2.43. The van der Waals surface area contributed by atoms with Gasteiger partial charge in [0.25, 0.3) is 0 Å². The van der Waals surface area contributed by atoms with Crippen molar-refractivity contribution < 1.29 is 0 Å². The van der Waals surface area contributed by atoms with Crippen molar-refractivity contribution in [1.29, 1.82) is 0 Å². The Kier molecular flexibility index (Phi) is 5.26. The van der Waals surface area contributed by atoms with Gasteiger partial charge in [-0.2, -0.15) is 0 Å². The van der Waals surface area contributed by atoms with E-state index in [0.29, 0.717) is 6.04 Å². The van der Waals surface area contributed by atoms with Crippen molar-refractivity contribution in [3.05, 3.63) is 0 Å². The molecule has 0 amide bonds. The van der Waals surface area contributed by atoms with E-state index in [9.17, 15) is 0 Å². The Labute approximate surface area is 107 Å². The van der Waals surface area contributed by atoms with Gasteiger partial charge in [-0.05, 0) is 51.4 Å². The van der Waals surface area contributed by atoms with Crippen molar-refractivity contribution in [2.45, 2.75) is 39.2 Å². The van der Waals surface area contributed by atoms with Crippen LogP contribution in [0.5, 0.6) is 0 Å². The van der Waals surface area contributed by atoms with E-state index in [2.05, 4.69) is 29.0 Å². The van der Waals surface area contributed by atoms with Crippen molar-refractivity contribution in [2.24, 2.45) is 5.92 Å². The minimum absolute atomic E-state index is 0.691. The third-order valence-electron chi connectivity index (χ3n) is 4.25. The maximum Gasteiger partial charge on any atom is 0.0217 e. The summed E-state index contributed by atoms with van der Waals surface area (Å²) >= 11 is 0. The Morgan fingerprint density at radius 1 is 1.00 bits per heavy atom. The highest BCUT2D eigenvalue weighted by molar-refractivity contribution is 4.79. The molecule has 2 aliphatic rings. The maximum absolute atomic E-state index is 3.68. The molecule has 0 aliphatic carbocycles. The highest BCUT2D eigenvalue weighted by Gasteiger charge is 2.20. The Bertz CT molecular complexity index is 212.